The second kappa shape index (κ2) is 4.40. The zero-order valence-corrected chi connectivity index (χ0v) is 9.81. The Hall–Kier alpha value is -1.12. The standard InChI is InChI=1S/C12H12FNOS/c1-16-11-4-3-9(13)7-10(11)12(14-8-15)5-2-6-12/h3-4,7H,2,5-6H2,1H3. The molecule has 0 aromatic heterocycles. The predicted molar refractivity (Wildman–Crippen MR) is 61.8 cm³/mol. The van der Waals surface area contributed by atoms with Crippen molar-refractivity contribution in [2.45, 2.75) is 29.7 Å². The van der Waals surface area contributed by atoms with Crippen LogP contribution in [0.4, 0.5) is 4.39 Å². The summed E-state index contributed by atoms with van der Waals surface area (Å²) in [6, 6.07) is 4.67. The van der Waals surface area contributed by atoms with Gasteiger partial charge in [0.15, 0.2) is 0 Å². The van der Waals surface area contributed by atoms with Gasteiger partial charge in [-0.15, -0.1) is 11.8 Å². The topological polar surface area (TPSA) is 29.4 Å². The van der Waals surface area contributed by atoms with Gasteiger partial charge < -0.3 is 0 Å². The average molecular weight is 237 g/mol. The number of nitrogens with zero attached hydrogens (tertiary/aromatic N) is 1. The van der Waals surface area contributed by atoms with Crippen molar-refractivity contribution in [1.29, 1.82) is 0 Å². The Balaban J connectivity index is 2.52. The van der Waals surface area contributed by atoms with Crippen LogP contribution < -0.4 is 0 Å². The summed E-state index contributed by atoms with van der Waals surface area (Å²) in [6.07, 6.45) is 6.19. The number of thioether (sulfide) groups is 1. The van der Waals surface area contributed by atoms with Crippen LogP contribution >= 0.6 is 11.8 Å². The molecule has 0 bridgehead atoms. The molecule has 1 saturated carbocycles. The molecule has 2 rings (SSSR count). The van der Waals surface area contributed by atoms with Gasteiger partial charge in [-0.05, 0) is 49.3 Å². The first kappa shape index (κ1) is 11.4. The summed E-state index contributed by atoms with van der Waals surface area (Å²) < 4.78 is 13.3. The zero-order valence-electron chi connectivity index (χ0n) is 9.00. The molecule has 0 radical (unpaired) electrons. The predicted octanol–water partition coefficient (Wildman–Crippen LogP) is 3.26. The maximum absolute atomic E-state index is 13.3. The van der Waals surface area contributed by atoms with E-state index in [2.05, 4.69) is 4.99 Å². The quantitative estimate of drug-likeness (QED) is 0.459. The van der Waals surface area contributed by atoms with Gasteiger partial charge in [-0.1, -0.05) is 0 Å². The normalized spacial score (nSPS) is 17.4. The van der Waals surface area contributed by atoms with Crippen LogP contribution in [0.5, 0.6) is 0 Å². The number of isocyanates is 1. The van der Waals surface area contributed by atoms with Crippen LogP contribution in [0.1, 0.15) is 24.8 Å². The van der Waals surface area contributed by atoms with Gasteiger partial charge >= 0.3 is 0 Å². The molecule has 1 fully saturated rings. The van der Waals surface area contributed by atoms with E-state index in [1.54, 1.807) is 23.9 Å². The van der Waals surface area contributed by atoms with Gasteiger partial charge in [-0.2, -0.15) is 4.99 Å². The fraction of sp³-hybridized carbons (Fsp3) is 0.417. The Bertz CT molecular complexity index is 450. The smallest absolute Gasteiger partial charge is 0.211 e. The number of aliphatic imine (C=N–C) groups is 1. The third-order valence-corrected chi connectivity index (χ3v) is 3.90. The first-order valence-electron chi connectivity index (χ1n) is 5.15. The molecular weight excluding hydrogens is 225 g/mol. The highest BCUT2D eigenvalue weighted by molar-refractivity contribution is 7.98. The molecule has 1 aromatic rings. The van der Waals surface area contributed by atoms with E-state index in [-0.39, 0.29) is 5.82 Å². The van der Waals surface area contributed by atoms with Gasteiger partial charge in [-0.25, -0.2) is 9.18 Å². The molecule has 0 unspecified atom stereocenters. The van der Waals surface area contributed by atoms with Gasteiger partial charge in [0.25, 0.3) is 0 Å². The SMILES string of the molecule is CSc1ccc(F)cc1C1(N=C=O)CCC1. The molecule has 0 aliphatic heterocycles. The van der Waals surface area contributed by atoms with Gasteiger partial charge in [0, 0.05) is 4.90 Å². The number of carbonyl (C=O) groups excluding carboxylic acids is 1. The second-order valence-electron chi connectivity index (χ2n) is 3.93. The highest BCUT2D eigenvalue weighted by Gasteiger charge is 2.40. The van der Waals surface area contributed by atoms with E-state index >= 15 is 0 Å². The van der Waals surface area contributed by atoms with Crippen molar-refractivity contribution in [3.63, 3.8) is 0 Å². The average Bonchev–Trinajstić information content (AvgIpc) is 2.23. The van der Waals surface area contributed by atoms with Crippen LogP contribution in [0, 0.1) is 5.82 Å². The summed E-state index contributed by atoms with van der Waals surface area (Å²) in [7, 11) is 0. The fourth-order valence-corrected chi connectivity index (χ4v) is 2.76. The fourth-order valence-electron chi connectivity index (χ4n) is 2.08. The summed E-state index contributed by atoms with van der Waals surface area (Å²) in [5.41, 5.74) is 0.317. The van der Waals surface area contributed by atoms with Crippen LogP contribution in [0.3, 0.4) is 0 Å². The molecule has 16 heavy (non-hydrogen) atoms. The van der Waals surface area contributed by atoms with Crippen LogP contribution in [0.25, 0.3) is 0 Å². The summed E-state index contributed by atoms with van der Waals surface area (Å²) in [5, 5.41) is 0. The van der Waals surface area contributed by atoms with Crippen LogP contribution in [0.2, 0.25) is 0 Å². The number of hydrogen-bond acceptors (Lipinski definition) is 3. The Kier molecular flexibility index (Phi) is 3.13. The molecule has 4 heteroatoms. The van der Waals surface area contributed by atoms with Crippen molar-refractivity contribution in [3.05, 3.63) is 29.6 Å². The lowest BCUT2D eigenvalue weighted by molar-refractivity contribution is 0.251. The van der Waals surface area contributed by atoms with E-state index in [9.17, 15) is 9.18 Å². The van der Waals surface area contributed by atoms with Crippen molar-refractivity contribution >= 4 is 17.8 Å². The second-order valence-corrected chi connectivity index (χ2v) is 4.78. The van der Waals surface area contributed by atoms with Gasteiger partial charge in [0.2, 0.25) is 6.08 Å². The minimum Gasteiger partial charge on any atom is -0.211 e. The lowest BCUT2D eigenvalue weighted by Crippen LogP contribution is -2.32. The van der Waals surface area contributed by atoms with E-state index in [1.165, 1.54) is 12.1 Å². The van der Waals surface area contributed by atoms with Crippen LogP contribution in [-0.4, -0.2) is 12.3 Å². The molecule has 0 amide bonds. The molecule has 0 spiro atoms. The Morgan fingerprint density at radius 3 is 2.75 bits per heavy atom. The summed E-state index contributed by atoms with van der Waals surface area (Å²) >= 11 is 1.55. The number of hydrogen-bond donors (Lipinski definition) is 0. The third kappa shape index (κ3) is 1.79. The molecule has 1 aromatic carbocycles. The molecule has 0 atom stereocenters. The minimum atomic E-state index is -0.512. The van der Waals surface area contributed by atoms with Crippen molar-refractivity contribution in [2.75, 3.05) is 6.26 Å². The van der Waals surface area contributed by atoms with E-state index in [0.717, 1.165) is 29.7 Å². The highest BCUT2D eigenvalue weighted by atomic mass is 32.2. The monoisotopic (exact) mass is 237 g/mol. The maximum Gasteiger partial charge on any atom is 0.235 e. The molecule has 0 saturated heterocycles. The number of halogens is 1. The zero-order chi connectivity index (χ0) is 11.6. The summed E-state index contributed by atoms with van der Waals surface area (Å²) in [5.74, 6) is -0.278. The first-order valence-corrected chi connectivity index (χ1v) is 6.37. The maximum atomic E-state index is 13.3. The molecule has 84 valence electrons. The molecule has 0 N–H and O–H groups in total. The Labute approximate surface area is 98.0 Å². The number of benzene rings is 1. The van der Waals surface area contributed by atoms with E-state index in [1.807, 2.05) is 6.26 Å². The third-order valence-electron chi connectivity index (χ3n) is 3.10. The Morgan fingerprint density at radius 2 is 2.25 bits per heavy atom. The van der Waals surface area contributed by atoms with E-state index in [4.69, 9.17) is 0 Å². The van der Waals surface area contributed by atoms with E-state index < -0.39 is 5.54 Å². The van der Waals surface area contributed by atoms with Crippen LogP contribution in [0.15, 0.2) is 28.1 Å². The lowest BCUT2D eigenvalue weighted by Gasteiger charge is -2.38. The Morgan fingerprint density at radius 1 is 1.50 bits per heavy atom. The lowest BCUT2D eigenvalue weighted by atomic mass is 9.72. The minimum absolute atomic E-state index is 0.278. The van der Waals surface area contributed by atoms with Crippen molar-refractivity contribution in [3.8, 4) is 0 Å². The van der Waals surface area contributed by atoms with Crippen molar-refractivity contribution in [1.82, 2.24) is 0 Å². The molecule has 0 heterocycles. The van der Waals surface area contributed by atoms with Gasteiger partial charge in [0.05, 0.1) is 5.54 Å². The molecule has 1 aliphatic carbocycles. The van der Waals surface area contributed by atoms with Crippen molar-refractivity contribution < 1.29 is 9.18 Å². The van der Waals surface area contributed by atoms with Gasteiger partial charge in [-0.3, -0.25) is 0 Å². The van der Waals surface area contributed by atoms with E-state index in [0.29, 0.717) is 0 Å². The largest absolute Gasteiger partial charge is 0.235 e. The van der Waals surface area contributed by atoms with Gasteiger partial charge in [0.1, 0.15) is 5.82 Å². The molecular formula is C12H12FNOS. The highest BCUT2D eigenvalue weighted by Crippen LogP contribution is 2.47. The van der Waals surface area contributed by atoms with Crippen LogP contribution in [-0.2, 0) is 10.3 Å². The van der Waals surface area contributed by atoms with Crippen molar-refractivity contribution in [2.24, 2.45) is 4.99 Å². The summed E-state index contributed by atoms with van der Waals surface area (Å²) in [4.78, 5) is 15.4. The summed E-state index contributed by atoms with van der Waals surface area (Å²) in [6.45, 7) is 0. The molecule has 1 aliphatic rings. The number of rotatable bonds is 3. The molecule has 2 nitrogen and oxygen atoms in total. The first-order chi connectivity index (χ1) is 7.72.